The molecule has 1 N–H and O–H groups in total. The summed E-state index contributed by atoms with van der Waals surface area (Å²) in [6, 6.07) is 0. The van der Waals surface area contributed by atoms with E-state index in [1.54, 1.807) is 14.0 Å². The minimum absolute atomic E-state index is 0.154. The number of aromatic carboxylic acids is 1. The summed E-state index contributed by atoms with van der Waals surface area (Å²) in [5, 5.41) is 8.98. The molecule has 0 radical (unpaired) electrons. The Hall–Kier alpha value is -1.49. The van der Waals surface area contributed by atoms with Crippen LogP contribution < -0.4 is 0 Å². The number of hydrogen-bond acceptors (Lipinski definition) is 4. The van der Waals surface area contributed by atoms with Crippen LogP contribution in [0.1, 0.15) is 54.0 Å². The van der Waals surface area contributed by atoms with Gasteiger partial charge >= 0.3 is 5.97 Å². The summed E-state index contributed by atoms with van der Waals surface area (Å²) in [7, 11) is 1.68. The smallest absolute Gasteiger partial charge is 0.339 e. The van der Waals surface area contributed by atoms with Crippen molar-refractivity contribution >= 4 is 5.97 Å². The molecule has 2 rings (SSSR count). The Balaban J connectivity index is 2.37. The maximum absolute atomic E-state index is 10.9. The van der Waals surface area contributed by atoms with Gasteiger partial charge in [-0.2, -0.15) is 0 Å². The van der Waals surface area contributed by atoms with E-state index in [1.807, 2.05) is 0 Å². The quantitative estimate of drug-likeness (QED) is 0.891. The molecule has 0 aliphatic heterocycles. The molecular weight excluding hydrogens is 232 g/mol. The summed E-state index contributed by atoms with van der Waals surface area (Å²) in [6.07, 6.45) is 6.57. The second kappa shape index (κ2) is 5.02. The summed E-state index contributed by atoms with van der Waals surface area (Å²) in [4.78, 5) is 19.5. The molecule has 98 valence electrons. The molecule has 0 aromatic carbocycles. The summed E-state index contributed by atoms with van der Waals surface area (Å²) >= 11 is 0. The van der Waals surface area contributed by atoms with Crippen LogP contribution in [-0.4, -0.2) is 28.2 Å². The van der Waals surface area contributed by atoms with E-state index in [0.717, 1.165) is 25.7 Å². The Morgan fingerprint density at radius 3 is 2.56 bits per heavy atom. The van der Waals surface area contributed by atoms with Crippen molar-refractivity contribution in [1.29, 1.82) is 0 Å². The first-order valence-corrected chi connectivity index (χ1v) is 6.21. The van der Waals surface area contributed by atoms with Crippen LogP contribution in [-0.2, 0) is 10.3 Å². The zero-order valence-electron chi connectivity index (χ0n) is 10.8. The molecule has 1 heterocycles. The summed E-state index contributed by atoms with van der Waals surface area (Å²) in [5.74, 6) is -0.374. The van der Waals surface area contributed by atoms with Crippen molar-refractivity contribution in [3.05, 3.63) is 23.3 Å². The lowest BCUT2D eigenvalue weighted by atomic mass is 9.84. The molecule has 5 nitrogen and oxygen atoms in total. The molecule has 1 saturated carbocycles. The van der Waals surface area contributed by atoms with Gasteiger partial charge in [-0.3, -0.25) is 0 Å². The zero-order valence-corrected chi connectivity index (χ0v) is 10.8. The summed E-state index contributed by atoms with van der Waals surface area (Å²) in [5.41, 5.74) is 0.218. The number of ether oxygens (including phenoxy) is 1. The first-order chi connectivity index (χ1) is 8.59. The van der Waals surface area contributed by atoms with Gasteiger partial charge in [0, 0.05) is 13.3 Å². The highest BCUT2D eigenvalue weighted by atomic mass is 16.5. The number of hydrogen-bond donors (Lipinski definition) is 1. The van der Waals surface area contributed by atoms with Gasteiger partial charge in [-0.25, -0.2) is 14.8 Å². The molecule has 0 amide bonds. The lowest BCUT2D eigenvalue weighted by molar-refractivity contribution is -0.0516. The number of carboxylic acids is 1. The number of aryl methyl sites for hydroxylation is 1. The van der Waals surface area contributed by atoms with E-state index in [4.69, 9.17) is 9.84 Å². The maximum atomic E-state index is 10.9. The predicted molar refractivity (Wildman–Crippen MR) is 65.5 cm³/mol. The van der Waals surface area contributed by atoms with Crippen LogP contribution in [0.3, 0.4) is 0 Å². The van der Waals surface area contributed by atoms with Gasteiger partial charge < -0.3 is 9.84 Å². The largest absolute Gasteiger partial charge is 0.478 e. The third-order valence-corrected chi connectivity index (χ3v) is 3.67. The predicted octanol–water partition coefficient (Wildman–Crippen LogP) is 2.29. The van der Waals surface area contributed by atoms with E-state index in [0.29, 0.717) is 11.5 Å². The highest BCUT2D eigenvalue weighted by molar-refractivity contribution is 5.88. The lowest BCUT2D eigenvalue weighted by Crippen LogP contribution is -2.33. The van der Waals surface area contributed by atoms with Crippen molar-refractivity contribution in [1.82, 2.24) is 9.97 Å². The number of carboxylic acid groups (broad SMARTS) is 1. The summed E-state index contributed by atoms with van der Waals surface area (Å²) < 4.78 is 5.65. The van der Waals surface area contributed by atoms with Crippen LogP contribution in [0.2, 0.25) is 0 Å². The fourth-order valence-corrected chi connectivity index (χ4v) is 2.54. The highest BCUT2D eigenvalue weighted by Gasteiger charge is 2.37. The van der Waals surface area contributed by atoms with Gasteiger partial charge in [-0.15, -0.1) is 0 Å². The van der Waals surface area contributed by atoms with Gasteiger partial charge in [0.25, 0.3) is 0 Å². The van der Waals surface area contributed by atoms with E-state index in [9.17, 15) is 4.79 Å². The lowest BCUT2D eigenvalue weighted by Gasteiger charge is -2.34. The number of aromatic nitrogens is 2. The van der Waals surface area contributed by atoms with Crippen LogP contribution >= 0.6 is 0 Å². The normalized spacial score (nSPS) is 18.6. The van der Waals surface area contributed by atoms with Crippen molar-refractivity contribution in [3.63, 3.8) is 0 Å². The van der Waals surface area contributed by atoms with Gasteiger partial charge in [0.15, 0.2) is 5.82 Å². The molecule has 18 heavy (non-hydrogen) atoms. The van der Waals surface area contributed by atoms with E-state index in [2.05, 4.69) is 9.97 Å². The zero-order chi connectivity index (χ0) is 13.2. The molecule has 1 aromatic rings. The van der Waals surface area contributed by atoms with Crippen molar-refractivity contribution in [2.75, 3.05) is 7.11 Å². The number of carbonyl (C=O) groups is 1. The second-order valence-corrected chi connectivity index (χ2v) is 4.76. The second-order valence-electron chi connectivity index (χ2n) is 4.76. The molecule has 1 aliphatic rings. The van der Waals surface area contributed by atoms with E-state index in [-0.39, 0.29) is 5.56 Å². The van der Waals surface area contributed by atoms with Crippen molar-refractivity contribution in [3.8, 4) is 0 Å². The number of methoxy groups -OCH3 is 1. The SMILES string of the molecule is COC1(c2ncc(C(=O)O)c(C)n2)CCCCC1. The van der Waals surface area contributed by atoms with Gasteiger partial charge in [0.05, 0.1) is 11.3 Å². The van der Waals surface area contributed by atoms with Gasteiger partial charge in [0.1, 0.15) is 5.60 Å². The third kappa shape index (κ3) is 2.22. The van der Waals surface area contributed by atoms with Crippen molar-refractivity contribution in [2.24, 2.45) is 0 Å². The Labute approximate surface area is 106 Å². The standard InChI is InChI=1S/C13H18N2O3/c1-9-10(11(16)17)8-14-12(15-9)13(18-2)6-4-3-5-7-13/h8H,3-7H2,1-2H3,(H,16,17). The Kier molecular flexibility index (Phi) is 3.61. The van der Waals surface area contributed by atoms with Gasteiger partial charge in [-0.05, 0) is 19.8 Å². The van der Waals surface area contributed by atoms with Crippen LogP contribution in [0, 0.1) is 6.92 Å². The van der Waals surface area contributed by atoms with Crippen molar-refractivity contribution < 1.29 is 14.6 Å². The van der Waals surface area contributed by atoms with Gasteiger partial charge in [-0.1, -0.05) is 19.3 Å². The number of nitrogens with zero attached hydrogens (tertiary/aromatic N) is 2. The first kappa shape index (κ1) is 13.0. The van der Waals surface area contributed by atoms with Crippen LogP contribution in [0.4, 0.5) is 0 Å². The highest BCUT2D eigenvalue weighted by Crippen LogP contribution is 2.38. The Bertz CT molecular complexity index is 454. The number of rotatable bonds is 3. The molecule has 1 aliphatic carbocycles. The van der Waals surface area contributed by atoms with Crippen LogP contribution in [0.15, 0.2) is 6.20 Å². The first-order valence-electron chi connectivity index (χ1n) is 6.21. The fraction of sp³-hybridized carbons (Fsp3) is 0.615. The summed E-state index contributed by atoms with van der Waals surface area (Å²) in [6.45, 7) is 1.70. The maximum Gasteiger partial charge on any atom is 0.339 e. The van der Waals surface area contributed by atoms with Gasteiger partial charge in [0.2, 0.25) is 0 Å². The molecule has 5 heteroatoms. The molecule has 1 fully saturated rings. The topological polar surface area (TPSA) is 72.3 Å². The molecule has 0 unspecified atom stereocenters. The monoisotopic (exact) mass is 250 g/mol. The Morgan fingerprint density at radius 2 is 2.06 bits per heavy atom. The average molecular weight is 250 g/mol. The van der Waals surface area contributed by atoms with E-state index in [1.165, 1.54) is 12.6 Å². The molecule has 0 spiro atoms. The molecular formula is C13H18N2O3. The molecule has 0 saturated heterocycles. The van der Waals surface area contributed by atoms with Crippen LogP contribution in [0.25, 0.3) is 0 Å². The van der Waals surface area contributed by atoms with Crippen molar-refractivity contribution in [2.45, 2.75) is 44.6 Å². The molecule has 0 bridgehead atoms. The van der Waals surface area contributed by atoms with Crippen LogP contribution in [0.5, 0.6) is 0 Å². The third-order valence-electron chi connectivity index (χ3n) is 3.67. The fourth-order valence-electron chi connectivity index (χ4n) is 2.54. The minimum atomic E-state index is -0.992. The molecule has 0 atom stereocenters. The minimum Gasteiger partial charge on any atom is -0.478 e. The van der Waals surface area contributed by atoms with E-state index >= 15 is 0 Å². The Morgan fingerprint density at radius 1 is 1.39 bits per heavy atom. The van der Waals surface area contributed by atoms with E-state index < -0.39 is 11.6 Å². The average Bonchev–Trinajstić information content (AvgIpc) is 2.39. The molecule has 1 aromatic heterocycles.